The molecule has 0 bridgehead atoms. The van der Waals surface area contributed by atoms with Crippen LogP contribution in [0.2, 0.25) is 0 Å². The van der Waals surface area contributed by atoms with Crippen LogP contribution in [0, 0.1) is 5.92 Å². The number of nitrogens with one attached hydrogen (secondary N) is 1. The van der Waals surface area contributed by atoms with Gasteiger partial charge in [0.15, 0.2) is 0 Å². The summed E-state index contributed by atoms with van der Waals surface area (Å²) < 4.78 is 2.38. The van der Waals surface area contributed by atoms with Gasteiger partial charge in [0.05, 0.1) is 11.0 Å². The third-order valence-electron chi connectivity index (χ3n) is 4.16. The Morgan fingerprint density at radius 2 is 2.00 bits per heavy atom. The van der Waals surface area contributed by atoms with E-state index in [0.717, 1.165) is 50.7 Å². The number of hydrogen-bond acceptors (Lipinski definition) is 2. The van der Waals surface area contributed by atoms with Gasteiger partial charge in [0.25, 0.3) is 0 Å². The van der Waals surface area contributed by atoms with E-state index < -0.39 is 0 Å². The molecule has 1 amide bonds. The first kappa shape index (κ1) is 18.5. The molecule has 0 saturated heterocycles. The van der Waals surface area contributed by atoms with Gasteiger partial charge in [-0.25, -0.2) is 4.98 Å². The molecule has 1 heterocycles. The smallest absolute Gasteiger partial charge is 0.219 e. The van der Waals surface area contributed by atoms with Gasteiger partial charge in [-0.2, -0.15) is 0 Å². The van der Waals surface area contributed by atoms with E-state index in [1.807, 2.05) is 6.92 Å². The van der Waals surface area contributed by atoms with Crippen LogP contribution in [-0.4, -0.2) is 22.0 Å². The molecule has 2 rings (SSSR count). The topological polar surface area (TPSA) is 46.9 Å². The second-order valence-corrected chi connectivity index (χ2v) is 6.93. The van der Waals surface area contributed by atoms with Gasteiger partial charge in [-0.15, -0.1) is 0 Å². The first-order chi connectivity index (χ1) is 11.6. The highest BCUT2D eigenvalue weighted by atomic mass is 16.1. The van der Waals surface area contributed by atoms with Gasteiger partial charge in [-0.05, 0) is 37.3 Å². The number of para-hydroxylation sites is 2. The largest absolute Gasteiger partial charge is 0.356 e. The van der Waals surface area contributed by atoms with Crippen molar-refractivity contribution in [2.75, 3.05) is 6.54 Å². The summed E-state index contributed by atoms with van der Waals surface area (Å²) in [6, 6.07) is 8.40. The molecule has 0 saturated carbocycles. The fraction of sp³-hybridized carbons (Fsp3) is 0.600. The lowest BCUT2D eigenvalue weighted by Crippen LogP contribution is -2.23. The number of fused-ring (bicyclic) bond motifs is 1. The number of nitrogens with zero attached hydrogens (tertiary/aromatic N) is 2. The molecule has 0 radical (unpaired) electrons. The van der Waals surface area contributed by atoms with Crippen LogP contribution in [0.4, 0.5) is 0 Å². The Bertz CT molecular complexity index is 645. The minimum absolute atomic E-state index is 0.177. The number of benzene rings is 1. The lowest BCUT2D eigenvalue weighted by atomic mass is 10.1. The SMILES string of the molecule is CCCC(=O)NCCCCCc1nc2ccccc2n1CC(C)C. The maximum Gasteiger partial charge on any atom is 0.219 e. The van der Waals surface area contributed by atoms with Crippen LogP contribution in [0.25, 0.3) is 11.0 Å². The van der Waals surface area contributed by atoms with Crippen LogP contribution in [0.3, 0.4) is 0 Å². The van der Waals surface area contributed by atoms with E-state index in [0.29, 0.717) is 12.3 Å². The Morgan fingerprint density at radius 1 is 1.21 bits per heavy atom. The standard InChI is InChI=1S/C20H31N3O/c1-4-10-20(24)21-14-9-5-6-13-19-22-17-11-7-8-12-18(17)23(19)15-16(2)3/h7-8,11-12,16H,4-6,9-10,13-15H2,1-3H3,(H,21,24). The summed E-state index contributed by atoms with van der Waals surface area (Å²) >= 11 is 0. The van der Waals surface area contributed by atoms with Gasteiger partial charge < -0.3 is 9.88 Å². The van der Waals surface area contributed by atoms with Crippen LogP contribution < -0.4 is 5.32 Å². The number of imidazole rings is 1. The van der Waals surface area contributed by atoms with Gasteiger partial charge in [0.2, 0.25) is 5.91 Å². The van der Waals surface area contributed by atoms with Gasteiger partial charge in [-0.3, -0.25) is 4.79 Å². The van der Waals surface area contributed by atoms with Crippen LogP contribution in [0.5, 0.6) is 0 Å². The molecule has 1 aromatic carbocycles. The van der Waals surface area contributed by atoms with Crippen LogP contribution in [0.15, 0.2) is 24.3 Å². The van der Waals surface area contributed by atoms with Crippen molar-refractivity contribution < 1.29 is 4.79 Å². The van der Waals surface area contributed by atoms with Crippen LogP contribution >= 0.6 is 0 Å². The number of aromatic nitrogens is 2. The summed E-state index contributed by atoms with van der Waals surface area (Å²) in [5.41, 5.74) is 2.34. The highest BCUT2D eigenvalue weighted by Crippen LogP contribution is 2.19. The zero-order chi connectivity index (χ0) is 17.4. The molecule has 0 fully saturated rings. The molecule has 0 spiro atoms. The van der Waals surface area contributed by atoms with E-state index in [-0.39, 0.29) is 5.91 Å². The quantitative estimate of drug-likeness (QED) is 0.660. The summed E-state index contributed by atoms with van der Waals surface area (Å²) in [4.78, 5) is 16.2. The van der Waals surface area contributed by atoms with E-state index in [2.05, 4.69) is 48.0 Å². The summed E-state index contributed by atoms with van der Waals surface area (Å²) in [5, 5.41) is 2.98. The first-order valence-electron chi connectivity index (χ1n) is 9.32. The van der Waals surface area contributed by atoms with Gasteiger partial charge in [0, 0.05) is 25.9 Å². The molecule has 24 heavy (non-hydrogen) atoms. The lowest BCUT2D eigenvalue weighted by molar-refractivity contribution is -0.121. The van der Waals surface area contributed by atoms with E-state index >= 15 is 0 Å². The molecule has 4 heteroatoms. The Balaban J connectivity index is 1.85. The number of aryl methyl sites for hydroxylation is 1. The normalized spacial score (nSPS) is 11.3. The molecule has 0 aliphatic rings. The molecule has 0 unspecified atom stereocenters. The zero-order valence-electron chi connectivity index (χ0n) is 15.3. The third kappa shape index (κ3) is 5.36. The molecular formula is C20H31N3O. The van der Waals surface area contributed by atoms with Gasteiger partial charge in [-0.1, -0.05) is 39.3 Å². The summed E-state index contributed by atoms with van der Waals surface area (Å²) in [6.45, 7) is 8.34. The number of carbonyl (C=O) groups excluding carboxylic acids is 1. The third-order valence-corrected chi connectivity index (χ3v) is 4.16. The predicted molar refractivity (Wildman–Crippen MR) is 100 cm³/mol. The monoisotopic (exact) mass is 329 g/mol. The summed E-state index contributed by atoms with van der Waals surface area (Å²) in [5.74, 6) is 1.98. The second-order valence-electron chi connectivity index (χ2n) is 6.93. The molecule has 0 aliphatic carbocycles. The van der Waals surface area contributed by atoms with Crippen LogP contribution in [0.1, 0.15) is 58.7 Å². The number of unbranched alkanes of at least 4 members (excludes halogenated alkanes) is 2. The number of amides is 1. The molecule has 1 N–H and O–H groups in total. The van der Waals surface area contributed by atoms with E-state index in [1.54, 1.807) is 0 Å². The molecule has 1 aromatic heterocycles. The molecule has 0 aliphatic heterocycles. The highest BCUT2D eigenvalue weighted by Gasteiger charge is 2.11. The summed E-state index contributed by atoms with van der Waals surface area (Å²) in [7, 11) is 0. The second kappa shape index (κ2) is 9.45. The van der Waals surface area contributed by atoms with Gasteiger partial charge >= 0.3 is 0 Å². The fourth-order valence-electron chi connectivity index (χ4n) is 3.01. The summed E-state index contributed by atoms with van der Waals surface area (Å²) in [6.07, 6.45) is 5.84. The average Bonchev–Trinajstić information content (AvgIpc) is 2.88. The van der Waals surface area contributed by atoms with Crippen molar-refractivity contribution in [2.24, 2.45) is 5.92 Å². The van der Waals surface area contributed by atoms with Crippen molar-refractivity contribution in [3.63, 3.8) is 0 Å². The Labute approximate surface area is 145 Å². The maximum absolute atomic E-state index is 11.4. The van der Waals surface area contributed by atoms with Gasteiger partial charge in [0.1, 0.15) is 5.82 Å². The minimum Gasteiger partial charge on any atom is -0.356 e. The Kier molecular flexibility index (Phi) is 7.29. The van der Waals surface area contributed by atoms with Crippen molar-refractivity contribution in [1.29, 1.82) is 0 Å². The number of hydrogen-bond donors (Lipinski definition) is 1. The molecular weight excluding hydrogens is 298 g/mol. The minimum atomic E-state index is 0.177. The van der Waals surface area contributed by atoms with Crippen molar-refractivity contribution >= 4 is 16.9 Å². The highest BCUT2D eigenvalue weighted by molar-refractivity contribution is 5.76. The van der Waals surface area contributed by atoms with Crippen molar-refractivity contribution in [2.45, 2.75) is 65.8 Å². The maximum atomic E-state index is 11.4. The van der Waals surface area contributed by atoms with E-state index in [9.17, 15) is 4.79 Å². The Morgan fingerprint density at radius 3 is 2.75 bits per heavy atom. The predicted octanol–water partition coefficient (Wildman–Crippen LogP) is 4.32. The molecule has 2 aromatic rings. The van der Waals surface area contributed by atoms with E-state index in [4.69, 9.17) is 4.98 Å². The lowest BCUT2D eigenvalue weighted by Gasteiger charge is -2.11. The van der Waals surface area contributed by atoms with Crippen molar-refractivity contribution in [3.05, 3.63) is 30.1 Å². The molecule has 132 valence electrons. The number of rotatable bonds is 10. The van der Waals surface area contributed by atoms with Crippen LogP contribution in [-0.2, 0) is 17.8 Å². The number of carbonyl (C=O) groups is 1. The van der Waals surface area contributed by atoms with Crippen molar-refractivity contribution in [3.8, 4) is 0 Å². The Hall–Kier alpha value is -1.84. The average molecular weight is 329 g/mol. The first-order valence-corrected chi connectivity index (χ1v) is 9.32. The fourth-order valence-corrected chi connectivity index (χ4v) is 3.01. The van der Waals surface area contributed by atoms with Crippen molar-refractivity contribution in [1.82, 2.24) is 14.9 Å². The van der Waals surface area contributed by atoms with E-state index in [1.165, 1.54) is 11.3 Å². The molecule has 0 atom stereocenters. The zero-order valence-corrected chi connectivity index (χ0v) is 15.3. The molecule has 4 nitrogen and oxygen atoms in total.